The number of aliphatic hydroxyl groups is 1. The number of imidazole rings is 1. The van der Waals surface area contributed by atoms with Gasteiger partial charge in [0.05, 0.1) is 24.5 Å². The fourth-order valence-electron chi connectivity index (χ4n) is 4.93. The maximum atomic E-state index is 13.4. The van der Waals surface area contributed by atoms with Crippen molar-refractivity contribution in [2.24, 2.45) is 0 Å². The molecule has 2 aromatic carbocycles. The molecular weight excluding hydrogens is 498 g/mol. The lowest BCUT2D eigenvalue weighted by molar-refractivity contribution is -0.139. The van der Waals surface area contributed by atoms with Gasteiger partial charge in [0.25, 0.3) is 11.7 Å². The first-order valence-electron chi connectivity index (χ1n) is 13.4. The number of ether oxygens (including phenoxy) is 3. The average Bonchev–Trinajstić information content (AvgIpc) is 3.57. The Morgan fingerprint density at radius 1 is 1.03 bits per heavy atom. The lowest BCUT2D eigenvalue weighted by Gasteiger charge is -2.26. The zero-order chi connectivity index (χ0) is 27.2. The second-order valence-electron chi connectivity index (χ2n) is 9.63. The van der Waals surface area contributed by atoms with Crippen molar-refractivity contribution >= 4 is 17.4 Å². The number of unbranched alkanes of at least 4 members (excludes halogenated alkanes) is 2. The Morgan fingerprint density at radius 3 is 2.56 bits per heavy atom. The van der Waals surface area contributed by atoms with E-state index >= 15 is 0 Å². The van der Waals surface area contributed by atoms with E-state index < -0.39 is 17.7 Å². The summed E-state index contributed by atoms with van der Waals surface area (Å²) in [5.41, 5.74) is 1.16. The minimum Gasteiger partial charge on any atom is -0.507 e. The second kappa shape index (κ2) is 12.1. The van der Waals surface area contributed by atoms with Crippen molar-refractivity contribution in [1.29, 1.82) is 0 Å². The van der Waals surface area contributed by atoms with Crippen LogP contribution in [0.4, 0.5) is 0 Å². The summed E-state index contributed by atoms with van der Waals surface area (Å²) in [5.74, 6) is 0.190. The number of aromatic nitrogens is 2. The van der Waals surface area contributed by atoms with Crippen molar-refractivity contribution in [3.05, 3.63) is 77.9 Å². The first kappa shape index (κ1) is 26.3. The van der Waals surface area contributed by atoms with Crippen LogP contribution in [-0.2, 0) is 16.1 Å². The summed E-state index contributed by atoms with van der Waals surface area (Å²) in [6.07, 6.45) is 9.08. The Labute approximate surface area is 227 Å². The summed E-state index contributed by atoms with van der Waals surface area (Å²) in [4.78, 5) is 32.2. The molecule has 0 radical (unpaired) electrons. The Kier molecular flexibility index (Phi) is 8.15. The van der Waals surface area contributed by atoms with E-state index in [1.54, 1.807) is 35.6 Å². The van der Waals surface area contributed by atoms with Crippen LogP contribution in [0.3, 0.4) is 0 Å². The molecule has 1 N–H and O–H groups in total. The van der Waals surface area contributed by atoms with E-state index in [1.165, 1.54) is 0 Å². The number of carbonyl (C=O) groups is 2. The maximum Gasteiger partial charge on any atom is 0.295 e. The molecule has 5 rings (SSSR count). The molecule has 1 amide bonds. The molecular formula is C30H33N3O6. The first-order valence-corrected chi connectivity index (χ1v) is 13.4. The van der Waals surface area contributed by atoms with Crippen LogP contribution < -0.4 is 14.2 Å². The van der Waals surface area contributed by atoms with Gasteiger partial charge in [-0.25, -0.2) is 4.98 Å². The largest absolute Gasteiger partial charge is 0.507 e. The summed E-state index contributed by atoms with van der Waals surface area (Å²) in [6.45, 7) is 4.59. The van der Waals surface area contributed by atoms with Gasteiger partial charge in [0.15, 0.2) is 11.5 Å². The lowest BCUT2D eigenvalue weighted by Crippen LogP contribution is -2.31. The molecule has 1 aromatic heterocycles. The van der Waals surface area contributed by atoms with Gasteiger partial charge in [-0.15, -0.1) is 0 Å². The highest BCUT2D eigenvalue weighted by Crippen LogP contribution is 2.41. The number of ketones is 1. The van der Waals surface area contributed by atoms with Gasteiger partial charge < -0.3 is 28.8 Å². The second-order valence-corrected chi connectivity index (χ2v) is 9.63. The normalized spacial score (nSPS) is 18.0. The molecule has 1 saturated heterocycles. The molecule has 1 fully saturated rings. The smallest absolute Gasteiger partial charge is 0.295 e. The fraction of sp³-hybridized carbons (Fsp3) is 0.367. The third kappa shape index (κ3) is 5.77. The topological polar surface area (TPSA) is 103 Å². The van der Waals surface area contributed by atoms with Gasteiger partial charge in [0.2, 0.25) is 0 Å². The standard InChI is InChI=1S/C30H33N3O6/c1-2-3-4-16-37-23-9-6-21(7-10-23)27-26(28(34)22-8-11-24-25(19-22)39-18-17-38-24)29(35)30(36)33(27)14-5-13-32-15-12-31-20-32/h6-12,15,19-20,27,34H,2-5,13-14,16-18H2,1H3/b28-26+/t27-/m0/s1. The monoisotopic (exact) mass is 531 g/mol. The molecule has 9 nitrogen and oxygen atoms in total. The molecule has 0 unspecified atom stereocenters. The van der Waals surface area contributed by atoms with Crippen molar-refractivity contribution in [2.45, 2.75) is 45.2 Å². The fourth-order valence-corrected chi connectivity index (χ4v) is 4.93. The molecule has 0 aliphatic carbocycles. The van der Waals surface area contributed by atoms with Crippen LogP contribution in [0.25, 0.3) is 5.76 Å². The van der Waals surface area contributed by atoms with Crippen molar-refractivity contribution in [2.75, 3.05) is 26.4 Å². The van der Waals surface area contributed by atoms with Gasteiger partial charge in [-0.05, 0) is 48.7 Å². The zero-order valence-electron chi connectivity index (χ0n) is 22.0. The number of aliphatic hydroxyl groups excluding tert-OH is 1. The quantitative estimate of drug-likeness (QED) is 0.165. The number of aryl methyl sites for hydroxylation is 1. The minimum absolute atomic E-state index is 0.0518. The number of amides is 1. The van der Waals surface area contributed by atoms with Crippen molar-refractivity contribution < 1.29 is 28.9 Å². The number of fused-ring (bicyclic) bond motifs is 1. The number of benzene rings is 2. The van der Waals surface area contributed by atoms with Crippen LogP contribution in [0.2, 0.25) is 0 Å². The Morgan fingerprint density at radius 2 is 1.82 bits per heavy atom. The zero-order valence-corrected chi connectivity index (χ0v) is 22.0. The maximum absolute atomic E-state index is 13.4. The molecule has 0 saturated carbocycles. The van der Waals surface area contributed by atoms with Crippen LogP contribution in [0, 0.1) is 0 Å². The number of hydrogen-bond acceptors (Lipinski definition) is 7. The van der Waals surface area contributed by atoms with E-state index in [2.05, 4.69) is 11.9 Å². The Hall–Kier alpha value is -4.27. The minimum atomic E-state index is -0.741. The Balaban J connectivity index is 1.46. The van der Waals surface area contributed by atoms with Crippen LogP contribution in [0.15, 0.2) is 66.8 Å². The third-order valence-corrected chi connectivity index (χ3v) is 6.94. The number of nitrogens with zero attached hydrogens (tertiary/aromatic N) is 3. The highest BCUT2D eigenvalue weighted by molar-refractivity contribution is 6.46. The molecule has 0 spiro atoms. The van der Waals surface area contributed by atoms with Gasteiger partial charge in [-0.3, -0.25) is 9.59 Å². The van der Waals surface area contributed by atoms with E-state index in [9.17, 15) is 14.7 Å². The van der Waals surface area contributed by atoms with E-state index in [0.29, 0.717) is 56.4 Å². The van der Waals surface area contributed by atoms with Crippen LogP contribution in [0.1, 0.15) is 49.8 Å². The van der Waals surface area contributed by atoms with Crippen LogP contribution >= 0.6 is 0 Å². The summed E-state index contributed by atoms with van der Waals surface area (Å²) in [7, 11) is 0. The number of hydrogen-bond donors (Lipinski definition) is 1. The average molecular weight is 532 g/mol. The predicted molar refractivity (Wildman–Crippen MR) is 145 cm³/mol. The third-order valence-electron chi connectivity index (χ3n) is 6.94. The van der Waals surface area contributed by atoms with E-state index in [0.717, 1.165) is 30.6 Å². The van der Waals surface area contributed by atoms with Crippen LogP contribution in [-0.4, -0.2) is 57.6 Å². The summed E-state index contributed by atoms with van der Waals surface area (Å²) in [6, 6.07) is 11.7. The van der Waals surface area contributed by atoms with E-state index in [1.807, 2.05) is 35.0 Å². The van der Waals surface area contributed by atoms with Crippen molar-refractivity contribution in [1.82, 2.24) is 14.5 Å². The summed E-state index contributed by atoms with van der Waals surface area (Å²) in [5, 5.41) is 11.4. The summed E-state index contributed by atoms with van der Waals surface area (Å²) < 4.78 is 19.0. The molecule has 3 heterocycles. The highest BCUT2D eigenvalue weighted by atomic mass is 16.6. The van der Waals surface area contributed by atoms with Crippen LogP contribution in [0.5, 0.6) is 17.2 Å². The lowest BCUT2D eigenvalue weighted by atomic mass is 9.95. The Bertz CT molecular complexity index is 1330. The van der Waals surface area contributed by atoms with Gasteiger partial charge in [-0.2, -0.15) is 0 Å². The molecule has 39 heavy (non-hydrogen) atoms. The van der Waals surface area contributed by atoms with Gasteiger partial charge in [0, 0.05) is 31.0 Å². The molecule has 1 atom stereocenters. The van der Waals surface area contributed by atoms with Gasteiger partial charge in [-0.1, -0.05) is 31.9 Å². The number of carbonyl (C=O) groups excluding carboxylic acids is 2. The van der Waals surface area contributed by atoms with Gasteiger partial charge >= 0.3 is 0 Å². The molecule has 2 aliphatic rings. The number of Topliss-reactive ketones (excluding diaryl/α,β-unsaturated/α-hetero) is 1. The van der Waals surface area contributed by atoms with Crippen molar-refractivity contribution in [3.8, 4) is 17.2 Å². The molecule has 3 aromatic rings. The molecule has 204 valence electrons. The molecule has 0 bridgehead atoms. The SMILES string of the molecule is CCCCCOc1ccc([C@H]2/C(=C(\O)c3ccc4c(c3)OCCO4)C(=O)C(=O)N2CCCn2ccnc2)cc1. The molecule has 2 aliphatic heterocycles. The van der Waals surface area contributed by atoms with E-state index in [4.69, 9.17) is 14.2 Å². The first-order chi connectivity index (χ1) is 19.1. The number of rotatable bonds is 11. The number of likely N-dealkylation sites (tertiary alicyclic amines) is 1. The van der Waals surface area contributed by atoms with Gasteiger partial charge in [0.1, 0.15) is 24.7 Å². The van der Waals surface area contributed by atoms with E-state index in [-0.39, 0.29) is 11.3 Å². The van der Waals surface area contributed by atoms with Crippen molar-refractivity contribution in [3.63, 3.8) is 0 Å². The predicted octanol–water partition coefficient (Wildman–Crippen LogP) is 4.74. The highest BCUT2D eigenvalue weighted by Gasteiger charge is 2.45. The molecule has 9 heteroatoms. The summed E-state index contributed by atoms with van der Waals surface area (Å²) >= 11 is 0.